The van der Waals surface area contributed by atoms with Crippen molar-refractivity contribution in [3.63, 3.8) is 0 Å². The van der Waals surface area contributed by atoms with Crippen LogP contribution in [0, 0.1) is 5.95 Å². The predicted octanol–water partition coefficient (Wildman–Crippen LogP) is 5.51. The van der Waals surface area contributed by atoms with Gasteiger partial charge >= 0.3 is 0 Å². The Balaban J connectivity index is 0.000000167. The summed E-state index contributed by atoms with van der Waals surface area (Å²) in [5.41, 5.74) is 2.62. The monoisotopic (exact) mass is 796 g/mol. The molecule has 0 aliphatic carbocycles. The molecule has 6 aromatic heterocycles. The molecule has 0 unspecified atom stereocenters. The zero-order valence-electron chi connectivity index (χ0n) is 28.9. The lowest BCUT2D eigenvalue weighted by atomic mass is 10.0. The number of piperidine rings is 2. The van der Waals surface area contributed by atoms with Gasteiger partial charge in [0.2, 0.25) is 22.3 Å². The van der Waals surface area contributed by atoms with E-state index >= 15 is 0 Å². The van der Waals surface area contributed by atoms with Gasteiger partial charge in [0.1, 0.15) is 5.52 Å². The topological polar surface area (TPSA) is 172 Å². The van der Waals surface area contributed by atoms with Crippen LogP contribution in [0.15, 0.2) is 49.1 Å². The Morgan fingerprint density at radius 2 is 1.13 bits per heavy atom. The van der Waals surface area contributed by atoms with Crippen molar-refractivity contribution in [1.82, 2.24) is 59.3 Å². The highest BCUT2D eigenvalue weighted by Crippen LogP contribution is 2.35. The molecular weight excluding hydrogens is 766 g/mol. The number of halogens is 4. The highest BCUT2D eigenvalue weighted by molar-refractivity contribution is 6.34. The molecule has 8 rings (SSSR count). The lowest BCUT2D eigenvalue weighted by molar-refractivity contribution is 0.0683. The zero-order valence-corrected chi connectivity index (χ0v) is 31.2. The van der Waals surface area contributed by atoms with E-state index in [-0.39, 0.29) is 51.0 Å². The van der Waals surface area contributed by atoms with E-state index in [4.69, 9.17) is 44.3 Å². The van der Waals surface area contributed by atoms with E-state index in [2.05, 4.69) is 40.1 Å². The van der Waals surface area contributed by atoms with Crippen LogP contribution < -0.4 is 9.47 Å². The van der Waals surface area contributed by atoms with Crippen molar-refractivity contribution in [2.45, 2.75) is 37.8 Å². The summed E-state index contributed by atoms with van der Waals surface area (Å²) >= 11 is 18.0. The molecule has 280 valence electrons. The number of likely N-dealkylation sites (tertiary alicyclic amines) is 2. The van der Waals surface area contributed by atoms with E-state index in [0.29, 0.717) is 72.6 Å². The summed E-state index contributed by atoms with van der Waals surface area (Å²) in [5.74, 6) is -0.293. The molecule has 0 radical (unpaired) electrons. The fraction of sp³-hybridized carbons (Fsp3) is 0.353. The third-order valence-electron chi connectivity index (χ3n) is 9.29. The molecule has 0 saturated carbocycles. The number of nitrogens with zero attached hydrogens (tertiary/aromatic N) is 12. The number of ether oxygens (including phenoxy) is 2. The molecular formula is C34H32Cl3FN12O4. The zero-order chi connectivity index (χ0) is 37.9. The number of amides is 2. The van der Waals surface area contributed by atoms with Crippen molar-refractivity contribution in [2.75, 3.05) is 40.4 Å². The largest absolute Gasteiger partial charge is 0.479 e. The van der Waals surface area contributed by atoms with Crippen molar-refractivity contribution in [3.8, 4) is 11.8 Å². The summed E-state index contributed by atoms with van der Waals surface area (Å²) in [4.78, 5) is 52.9. The van der Waals surface area contributed by atoms with E-state index in [1.807, 2.05) is 4.90 Å². The molecule has 0 spiro atoms. The number of aromatic nitrogens is 10. The molecule has 0 N–H and O–H groups in total. The van der Waals surface area contributed by atoms with E-state index < -0.39 is 5.95 Å². The standard InChI is InChI=1S/C17H16Cl2N6O2.C17H16ClFN6O2/c1-27-15-13-12(21-17(19)22-15)14(18)23-25(13)11-4-7-24(8-5-11)16(26)10-3-2-6-20-9-10;1-27-15-13-12(21-17(18)22-15)14(19)23-25(13)11-4-7-24(8-5-11)16(26)10-3-2-6-20-9-10/h2*2-3,6,9,11H,4-5,7-8H2,1H3. The Bertz CT molecular complexity index is 2140. The number of hydrogen-bond acceptors (Lipinski definition) is 12. The molecule has 2 aliphatic heterocycles. The molecule has 8 heterocycles. The molecule has 2 saturated heterocycles. The fourth-order valence-corrected chi connectivity index (χ4v) is 7.22. The number of pyridine rings is 2. The van der Waals surface area contributed by atoms with Gasteiger partial charge in [0.15, 0.2) is 21.7 Å². The fourth-order valence-electron chi connectivity index (χ4n) is 6.68. The molecule has 0 aromatic carbocycles. The van der Waals surface area contributed by atoms with Crippen LogP contribution in [0.1, 0.15) is 58.5 Å². The summed E-state index contributed by atoms with van der Waals surface area (Å²) in [6.07, 6.45) is 9.11. The number of fused-ring (bicyclic) bond motifs is 2. The van der Waals surface area contributed by atoms with Gasteiger partial charge in [-0.3, -0.25) is 28.9 Å². The second-order valence-corrected chi connectivity index (χ2v) is 13.4. The Hall–Kier alpha value is -5.26. The first-order valence-corrected chi connectivity index (χ1v) is 18.0. The number of rotatable bonds is 6. The molecule has 2 amide bonds. The third kappa shape index (κ3) is 7.43. The van der Waals surface area contributed by atoms with E-state index in [1.165, 1.54) is 14.2 Å². The smallest absolute Gasteiger partial charge is 0.259 e. The second kappa shape index (κ2) is 16.0. The average molecular weight is 798 g/mol. The molecule has 2 fully saturated rings. The van der Waals surface area contributed by atoms with E-state index in [0.717, 1.165) is 12.8 Å². The number of carbonyl (C=O) groups excluding carboxylic acids is 2. The summed E-state index contributed by atoms with van der Waals surface area (Å²) in [6, 6.07) is 6.95. The highest BCUT2D eigenvalue weighted by Gasteiger charge is 2.31. The maximum atomic E-state index is 14.3. The van der Waals surface area contributed by atoms with Crippen LogP contribution in [0.25, 0.3) is 22.1 Å². The highest BCUT2D eigenvalue weighted by atomic mass is 35.5. The first-order chi connectivity index (χ1) is 26.2. The number of methoxy groups -OCH3 is 2. The number of hydrogen-bond donors (Lipinski definition) is 0. The van der Waals surface area contributed by atoms with E-state index in [1.54, 1.807) is 63.3 Å². The van der Waals surface area contributed by atoms with Gasteiger partial charge in [0.05, 0.1) is 37.4 Å². The van der Waals surface area contributed by atoms with Crippen molar-refractivity contribution in [1.29, 1.82) is 0 Å². The SMILES string of the molecule is COc1nc(Cl)nc2c(Cl)nn(C3CCN(C(=O)c4cccnc4)CC3)c12.COc1nc(Cl)nc2c(F)nn(C3CCN(C(=O)c4cccnc4)CC3)c12. The summed E-state index contributed by atoms with van der Waals surface area (Å²) in [5, 5.41) is 8.61. The third-order valence-corrected chi connectivity index (χ3v) is 9.88. The van der Waals surface area contributed by atoms with Gasteiger partial charge in [-0.05, 0) is 73.2 Å². The van der Waals surface area contributed by atoms with Gasteiger partial charge in [0.25, 0.3) is 17.8 Å². The minimum Gasteiger partial charge on any atom is -0.479 e. The summed E-state index contributed by atoms with van der Waals surface area (Å²) in [7, 11) is 2.95. The van der Waals surface area contributed by atoms with Crippen LogP contribution in [0.3, 0.4) is 0 Å². The van der Waals surface area contributed by atoms with Crippen LogP contribution in [0.5, 0.6) is 11.8 Å². The molecule has 0 bridgehead atoms. The van der Waals surface area contributed by atoms with Gasteiger partial charge in [-0.25, -0.2) is 9.97 Å². The van der Waals surface area contributed by atoms with Gasteiger partial charge < -0.3 is 19.3 Å². The Labute approximate surface area is 322 Å². The summed E-state index contributed by atoms with van der Waals surface area (Å²) < 4.78 is 28.2. The number of carbonyl (C=O) groups is 2. The van der Waals surface area contributed by atoms with Crippen LogP contribution in [-0.2, 0) is 0 Å². The van der Waals surface area contributed by atoms with Crippen LogP contribution in [0.2, 0.25) is 15.7 Å². The van der Waals surface area contributed by atoms with Crippen molar-refractivity contribution >= 4 is 68.7 Å². The molecule has 0 atom stereocenters. The molecule has 2 aliphatic rings. The molecule has 54 heavy (non-hydrogen) atoms. The van der Waals surface area contributed by atoms with Gasteiger partial charge in [-0.1, -0.05) is 11.6 Å². The minimum atomic E-state index is -0.721. The van der Waals surface area contributed by atoms with Crippen molar-refractivity contribution in [2.24, 2.45) is 0 Å². The van der Waals surface area contributed by atoms with E-state index in [9.17, 15) is 14.0 Å². The Morgan fingerprint density at radius 3 is 1.57 bits per heavy atom. The molecule has 20 heteroatoms. The first kappa shape index (κ1) is 37.1. The Morgan fingerprint density at radius 1 is 0.685 bits per heavy atom. The lowest BCUT2D eigenvalue weighted by Crippen LogP contribution is -2.39. The van der Waals surface area contributed by atoms with Crippen LogP contribution in [0.4, 0.5) is 4.39 Å². The predicted molar refractivity (Wildman–Crippen MR) is 196 cm³/mol. The summed E-state index contributed by atoms with van der Waals surface area (Å²) in [6.45, 7) is 2.26. The average Bonchev–Trinajstić information content (AvgIpc) is 3.73. The first-order valence-electron chi connectivity index (χ1n) is 16.9. The lowest BCUT2D eigenvalue weighted by Gasteiger charge is -2.32. The quantitative estimate of drug-likeness (QED) is 0.194. The second-order valence-electron chi connectivity index (χ2n) is 12.4. The van der Waals surface area contributed by atoms with Crippen LogP contribution >= 0.6 is 34.8 Å². The molecule has 16 nitrogen and oxygen atoms in total. The minimum absolute atomic E-state index is 0.0161. The maximum Gasteiger partial charge on any atom is 0.259 e. The maximum absolute atomic E-state index is 14.3. The van der Waals surface area contributed by atoms with Crippen LogP contribution in [-0.4, -0.2) is 111 Å². The molecule has 6 aromatic rings. The Kier molecular flexibility index (Phi) is 11.0. The van der Waals surface area contributed by atoms with Crippen molar-refractivity contribution in [3.05, 3.63) is 81.8 Å². The van der Waals surface area contributed by atoms with Gasteiger partial charge in [-0.15, -0.1) is 5.10 Å². The van der Waals surface area contributed by atoms with Gasteiger partial charge in [-0.2, -0.15) is 19.5 Å². The van der Waals surface area contributed by atoms with Crippen molar-refractivity contribution < 1.29 is 23.5 Å². The van der Waals surface area contributed by atoms with Gasteiger partial charge in [0, 0.05) is 51.0 Å². The normalized spacial score (nSPS) is 15.3.